The van der Waals surface area contributed by atoms with E-state index >= 15 is 0 Å². The van der Waals surface area contributed by atoms with Crippen LogP contribution < -0.4 is 10.1 Å². The van der Waals surface area contributed by atoms with Crippen LogP contribution in [0.4, 0.5) is 4.39 Å². The number of rotatable bonds is 7. The van der Waals surface area contributed by atoms with E-state index in [9.17, 15) is 9.18 Å². The molecular weight excluding hydrogens is 367 g/mol. The molecule has 0 aliphatic heterocycles. The van der Waals surface area contributed by atoms with Crippen LogP contribution in [0, 0.1) is 5.82 Å². The fourth-order valence-corrected chi connectivity index (χ4v) is 3.49. The minimum Gasteiger partial charge on any atom is -0.497 e. The van der Waals surface area contributed by atoms with Gasteiger partial charge >= 0.3 is 0 Å². The minimum absolute atomic E-state index is 0.0536. The van der Waals surface area contributed by atoms with E-state index in [2.05, 4.69) is 11.4 Å². The predicted molar refractivity (Wildman–Crippen MR) is 116 cm³/mol. The largest absolute Gasteiger partial charge is 0.497 e. The third-order valence-electron chi connectivity index (χ3n) is 5.10. The Hall–Kier alpha value is -2.92. The van der Waals surface area contributed by atoms with E-state index < -0.39 is 0 Å². The van der Waals surface area contributed by atoms with E-state index in [0.29, 0.717) is 6.54 Å². The molecule has 5 heteroatoms. The molecular formula is C24H27FN2O2. The van der Waals surface area contributed by atoms with Crippen LogP contribution in [0.15, 0.2) is 48.0 Å². The predicted octanol–water partition coefficient (Wildman–Crippen LogP) is 4.23. The van der Waals surface area contributed by atoms with Crippen molar-refractivity contribution in [3.8, 4) is 5.75 Å². The second-order valence-electron chi connectivity index (χ2n) is 7.45. The average molecular weight is 394 g/mol. The van der Waals surface area contributed by atoms with Gasteiger partial charge in [-0.25, -0.2) is 4.39 Å². The zero-order valence-corrected chi connectivity index (χ0v) is 17.4. The molecule has 1 aliphatic carbocycles. The van der Waals surface area contributed by atoms with Crippen LogP contribution in [0.1, 0.15) is 30.0 Å². The molecule has 0 radical (unpaired) electrons. The van der Waals surface area contributed by atoms with Crippen molar-refractivity contribution in [3.05, 3.63) is 70.5 Å². The molecule has 0 saturated carbocycles. The molecule has 4 nitrogen and oxygen atoms in total. The summed E-state index contributed by atoms with van der Waals surface area (Å²) in [6, 6.07) is 12.6. The number of carbonyl (C=O) groups excluding carboxylic acids is 1. The van der Waals surface area contributed by atoms with Crippen molar-refractivity contribution in [2.75, 3.05) is 34.3 Å². The van der Waals surface area contributed by atoms with Crippen LogP contribution in [-0.4, -0.2) is 45.1 Å². The fourth-order valence-electron chi connectivity index (χ4n) is 3.49. The zero-order chi connectivity index (χ0) is 21.0. The highest BCUT2D eigenvalue weighted by Gasteiger charge is 2.25. The summed E-state index contributed by atoms with van der Waals surface area (Å²) < 4.78 is 19.2. The maximum atomic E-state index is 14.0. The number of nitrogens with zero attached hydrogens (tertiary/aromatic N) is 1. The summed E-state index contributed by atoms with van der Waals surface area (Å²) in [7, 11) is 5.56. The molecule has 0 aromatic heterocycles. The second kappa shape index (κ2) is 9.05. The summed E-state index contributed by atoms with van der Waals surface area (Å²) in [5.41, 5.74) is 5.67. The lowest BCUT2D eigenvalue weighted by molar-refractivity contribution is -0.120. The van der Waals surface area contributed by atoms with Gasteiger partial charge in [-0.1, -0.05) is 18.2 Å². The number of allylic oxidation sites excluding steroid dienone is 2. The van der Waals surface area contributed by atoms with E-state index in [1.807, 2.05) is 50.2 Å². The Morgan fingerprint density at radius 2 is 1.86 bits per heavy atom. The SMILES string of the molecule is COc1ccc(/C=C2/C(C)=C(CC(=O)NCCN(C)C)c3cc(F)ccc32)cc1. The van der Waals surface area contributed by atoms with E-state index in [4.69, 9.17) is 4.74 Å². The molecule has 152 valence electrons. The summed E-state index contributed by atoms with van der Waals surface area (Å²) in [6.45, 7) is 3.36. The number of methoxy groups -OCH3 is 1. The van der Waals surface area contributed by atoms with Crippen LogP contribution in [0.3, 0.4) is 0 Å². The Kier molecular flexibility index (Phi) is 6.49. The van der Waals surface area contributed by atoms with Crippen molar-refractivity contribution in [1.29, 1.82) is 0 Å². The average Bonchev–Trinajstić information content (AvgIpc) is 2.93. The van der Waals surface area contributed by atoms with Gasteiger partial charge in [0.15, 0.2) is 0 Å². The number of ether oxygens (including phenoxy) is 1. The van der Waals surface area contributed by atoms with Gasteiger partial charge in [0.25, 0.3) is 0 Å². The molecule has 0 bridgehead atoms. The number of carbonyl (C=O) groups is 1. The van der Waals surface area contributed by atoms with Gasteiger partial charge in [-0.2, -0.15) is 0 Å². The standard InChI is InChI=1S/C24H27FN2O2/c1-16-21(13-17-5-8-19(29-4)9-6-17)20-10-7-18(25)14-23(20)22(16)15-24(28)26-11-12-27(2)3/h5-10,13-14H,11-12,15H2,1-4H3,(H,26,28)/b21-13-. The molecule has 0 atom stereocenters. The molecule has 1 amide bonds. The summed E-state index contributed by atoms with van der Waals surface area (Å²) in [6.07, 6.45) is 2.30. The monoisotopic (exact) mass is 394 g/mol. The number of nitrogens with one attached hydrogen (secondary N) is 1. The van der Waals surface area contributed by atoms with E-state index in [1.165, 1.54) is 12.1 Å². The first-order valence-corrected chi connectivity index (χ1v) is 9.66. The lowest BCUT2D eigenvalue weighted by Gasteiger charge is -2.11. The van der Waals surface area contributed by atoms with Crippen molar-refractivity contribution >= 4 is 23.1 Å². The number of fused-ring (bicyclic) bond motifs is 1. The van der Waals surface area contributed by atoms with Gasteiger partial charge in [0.1, 0.15) is 11.6 Å². The maximum absolute atomic E-state index is 14.0. The van der Waals surface area contributed by atoms with E-state index in [0.717, 1.165) is 45.7 Å². The number of likely N-dealkylation sites (N-methyl/N-ethyl adjacent to an activating group) is 1. The zero-order valence-electron chi connectivity index (χ0n) is 17.4. The number of hydrogen-bond donors (Lipinski definition) is 1. The van der Waals surface area contributed by atoms with Gasteiger partial charge in [0, 0.05) is 13.1 Å². The fraction of sp³-hybridized carbons (Fsp3) is 0.292. The molecule has 29 heavy (non-hydrogen) atoms. The molecule has 3 rings (SSSR count). The van der Waals surface area contributed by atoms with Gasteiger partial charge in [-0.05, 0) is 84.8 Å². The van der Waals surface area contributed by atoms with Crippen LogP contribution in [0.25, 0.3) is 17.2 Å². The molecule has 0 fully saturated rings. The molecule has 1 aliphatic rings. The third-order valence-corrected chi connectivity index (χ3v) is 5.10. The number of halogens is 1. The molecule has 0 unspecified atom stereocenters. The van der Waals surface area contributed by atoms with Gasteiger partial charge in [0.05, 0.1) is 13.5 Å². The van der Waals surface area contributed by atoms with Crippen molar-refractivity contribution in [2.45, 2.75) is 13.3 Å². The highest BCUT2D eigenvalue weighted by Crippen LogP contribution is 2.43. The maximum Gasteiger partial charge on any atom is 0.224 e. The smallest absolute Gasteiger partial charge is 0.224 e. The third kappa shape index (κ3) is 4.93. The minimum atomic E-state index is -0.298. The summed E-state index contributed by atoms with van der Waals surface area (Å²) in [4.78, 5) is 14.5. The number of hydrogen-bond acceptors (Lipinski definition) is 3. The first-order chi connectivity index (χ1) is 13.9. The van der Waals surface area contributed by atoms with E-state index in [1.54, 1.807) is 13.2 Å². The van der Waals surface area contributed by atoms with Crippen molar-refractivity contribution < 1.29 is 13.9 Å². The lowest BCUT2D eigenvalue weighted by atomic mass is 10.0. The first-order valence-electron chi connectivity index (χ1n) is 9.66. The molecule has 1 N–H and O–H groups in total. The highest BCUT2D eigenvalue weighted by molar-refractivity contribution is 6.08. The Balaban J connectivity index is 1.91. The van der Waals surface area contributed by atoms with Gasteiger partial charge in [-0.15, -0.1) is 0 Å². The first kappa shape index (κ1) is 20.8. The van der Waals surface area contributed by atoms with Crippen molar-refractivity contribution in [1.82, 2.24) is 10.2 Å². The van der Waals surface area contributed by atoms with Gasteiger partial charge < -0.3 is 15.0 Å². The Bertz CT molecular complexity index is 959. The second-order valence-corrected chi connectivity index (χ2v) is 7.45. The summed E-state index contributed by atoms with van der Waals surface area (Å²) >= 11 is 0. The lowest BCUT2D eigenvalue weighted by Crippen LogP contribution is -2.31. The summed E-state index contributed by atoms with van der Waals surface area (Å²) in [5.74, 6) is 0.443. The number of amides is 1. The van der Waals surface area contributed by atoms with Crippen molar-refractivity contribution in [3.63, 3.8) is 0 Å². The highest BCUT2D eigenvalue weighted by atomic mass is 19.1. The quantitative estimate of drug-likeness (QED) is 0.764. The van der Waals surface area contributed by atoms with Crippen LogP contribution >= 0.6 is 0 Å². The van der Waals surface area contributed by atoms with Crippen LogP contribution in [-0.2, 0) is 4.79 Å². The van der Waals surface area contributed by atoms with E-state index in [-0.39, 0.29) is 18.1 Å². The molecule has 0 spiro atoms. The Morgan fingerprint density at radius 3 is 2.52 bits per heavy atom. The van der Waals surface area contributed by atoms with Crippen molar-refractivity contribution in [2.24, 2.45) is 0 Å². The Morgan fingerprint density at radius 1 is 1.14 bits per heavy atom. The van der Waals surface area contributed by atoms with Gasteiger partial charge in [0.2, 0.25) is 5.91 Å². The summed E-state index contributed by atoms with van der Waals surface area (Å²) in [5, 5.41) is 2.94. The van der Waals surface area contributed by atoms with Crippen LogP contribution in [0.5, 0.6) is 5.75 Å². The normalized spacial score (nSPS) is 14.5. The molecule has 2 aromatic rings. The molecule has 0 saturated heterocycles. The Labute approximate surface area is 171 Å². The topological polar surface area (TPSA) is 41.6 Å². The molecule has 2 aromatic carbocycles. The van der Waals surface area contributed by atoms with Crippen LogP contribution in [0.2, 0.25) is 0 Å². The molecule has 0 heterocycles. The van der Waals surface area contributed by atoms with Gasteiger partial charge in [-0.3, -0.25) is 4.79 Å². The number of benzene rings is 2.